The lowest BCUT2D eigenvalue weighted by molar-refractivity contribution is 0.0992. The van der Waals surface area contributed by atoms with Gasteiger partial charge in [-0.25, -0.2) is 14.4 Å². The summed E-state index contributed by atoms with van der Waals surface area (Å²) >= 11 is 0. The van der Waals surface area contributed by atoms with Crippen LogP contribution in [0.3, 0.4) is 0 Å². The molecule has 4 nitrogen and oxygen atoms in total. The van der Waals surface area contributed by atoms with Crippen molar-refractivity contribution in [1.82, 2.24) is 9.97 Å². The smallest absolute Gasteiger partial charge is 0.222 e. The van der Waals surface area contributed by atoms with E-state index in [0.29, 0.717) is 17.2 Å². The molecule has 1 aromatic carbocycles. The highest BCUT2D eigenvalue weighted by atomic mass is 19.1. The normalized spacial score (nSPS) is 11.3. The predicted molar refractivity (Wildman–Crippen MR) is 84.4 cm³/mol. The van der Waals surface area contributed by atoms with E-state index >= 15 is 0 Å². The van der Waals surface area contributed by atoms with Gasteiger partial charge in [0.25, 0.3) is 0 Å². The second kappa shape index (κ2) is 6.64. The molecular weight excluding hydrogens is 281 g/mol. The summed E-state index contributed by atoms with van der Waals surface area (Å²) in [5.41, 5.74) is 1.23. The molecule has 0 amide bonds. The lowest BCUT2D eigenvalue weighted by Gasteiger charge is -2.18. The van der Waals surface area contributed by atoms with Crippen molar-refractivity contribution < 1.29 is 9.18 Å². The van der Waals surface area contributed by atoms with Gasteiger partial charge in [0.1, 0.15) is 5.82 Å². The van der Waals surface area contributed by atoms with E-state index < -0.39 is 0 Å². The molecule has 0 radical (unpaired) electrons. The Morgan fingerprint density at radius 3 is 2.50 bits per heavy atom. The molecule has 0 atom stereocenters. The highest BCUT2D eigenvalue weighted by molar-refractivity contribution is 5.97. The van der Waals surface area contributed by atoms with Gasteiger partial charge >= 0.3 is 0 Å². The largest absolute Gasteiger partial charge is 0.354 e. The summed E-state index contributed by atoms with van der Waals surface area (Å²) in [6.07, 6.45) is 1.80. The van der Waals surface area contributed by atoms with E-state index in [1.54, 1.807) is 12.3 Å². The third-order valence-electron chi connectivity index (χ3n) is 3.00. The maximum Gasteiger partial charge on any atom is 0.222 e. The van der Waals surface area contributed by atoms with Crippen LogP contribution in [0.15, 0.2) is 36.5 Å². The van der Waals surface area contributed by atoms with E-state index in [1.165, 1.54) is 24.3 Å². The minimum absolute atomic E-state index is 0.0968. The lowest BCUT2D eigenvalue weighted by Crippen LogP contribution is -2.20. The molecule has 0 aliphatic carbocycles. The molecule has 1 heterocycles. The number of benzene rings is 1. The number of nitrogens with zero attached hydrogens (tertiary/aromatic N) is 2. The molecule has 1 aromatic heterocycles. The number of carbonyl (C=O) groups excluding carboxylic acids is 1. The second-order valence-corrected chi connectivity index (χ2v) is 6.39. The fourth-order valence-corrected chi connectivity index (χ4v) is 1.83. The molecule has 22 heavy (non-hydrogen) atoms. The van der Waals surface area contributed by atoms with Crippen LogP contribution in [0, 0.1) is 11.2 Å². The van der Waals surface area contributed by atoms with Gasteiger partial charge in [0.2, 0.25) is 5.95 Å². The van der Waals surface area contributed by atoms with E-state index in [2.05, 4.69) is 36.1 Å². The van der Waals surface area contributed by atoms with Crippen LogP contribution in [0.4, 0.5) is 10.3 Å². The molecule has 5 heteroatoms. The quantitative estimate of drug-likeness (QED) is 0.859. The average molecular weight is 301 g/mol. The monoisotopic (exact) mass is 301 g/mol. The van der Waals surface area contributed by atoms with Crippen LogP contribution < -0.4 is 5.32 Å². The number of hydrogen-bond acceptors (Lipinski definition) is 4. The van der Waals surface area contributed by atoms with Gasteiger partial charge in [0.05, 0.1) is 12.1 Å². The van der Waals surface area contributed by atoms with E-state index in [9.17, 15) is 9.18 Å². The number of Topliss-reactive ketones (excluding diaryl/α,β-unsaturated/α-hetero) is 1. The molecule has 0 fully saturated rings. The molecule has 116 valence electrons. The third kappa shape index (κ3) is 4.91. The summed E-state index contributed by atoms with van der Waals surface area (Å²) < 4.78 is 12.9. The summed E-state index contributed by atoms with van der Waals surface area (Å²) in [5.74, 6) is 0.0621. The van der Waals surface area contributed by atoms with Crippen LogP contribution in [0.1, 0.15) is 36.8 Å². The van der Waals surface area contributed by atoms with Gasteiger partial charge in [-0.1, -0.05) is 20.8 Å². The average Bonchev–Trinajstić information content (AvgIpc) is 2.45. The molecule has 2 rings (SSSR count). The summed E-state index contributed by atoms with van der Waals surface area (Å²) in [5, 5.41) is 3.16. The van der Waals surface area contributed by atoms with E-state index in [-0.39, 0.29) is 23.4 Å². The molecule has 0 spiro atoms. The molecule has 0 aliphatic heterocycles. The van der Waals surface area contributed by atoms with Crippen LogP contribution in [0.5, 0.6) is 0 Å². The molecule has 0 saturated heterocycles. The van der Waals surface area contributed by atoms with Crippen molar-refractivity contribution in [2.75, 3.05) is 11.9 Å². The van der Waals surface area contributed by atoms with Crippen LogP contribution in [0.25, 0.3) is 0 Å². The molecule has 0 saturated carbocycles. The van der Waals surface area contributed by atoms with Gasteiger partial charge in [0, 0.05) is 18.3 Å². The number of carbonyl (C=O) groups is 1. The maximum atomic E-state index is 12.9. The topological polar surface area (TPSA) is 54.9 Å². The van der Waals surface area contributed by atoms with Crippen molar-refractivity contribution in [3.63, 3.8) is 0 Å². The van der Waals surface area contributed by atoms with Gasteiger partial charge in [-0.15, -0.1) is 0 Å². The second-order valence-electron chi connectivity index (χ2n) is 6.39. The first-order valence-corrected chi connectivity index (χ1v) is 7.18. The van der Waals surface area contributed by atoms with Crippen molar-refractivity contribution in [3.8, 4) is 0 Å². The summed E-state index contributed by atoms with van der Waals surface area (Å²) in [7, 11) is 0. The highest BCUT2D eigenvalue weighted by Crippen LogP contribution is 2.14. The standard InChI is InChI=1S/C17H20FN3O/c1-17(2,3)11-20-16-19-9-8-14(21-16)10-15(22)12-4-6-13(18)7-5-12/h4-9H,10-11H2,1-3H3,(H,19,20,21). The van der Waals surface area contributed by atoms with E-state index in [4.69, 9.17) is 0 Å². The van der Waals surface area contributed by atoms with Crippen LogP contribution >= 0.6 is 0 Å². The van der Waals surface area contributed by atoms with Crippen molar-refractivity contribution in [3.05, 3.63) is 53.6 Å². The number of nitrogens with one attached hydrogen (secondary N) is 1. The minimum atomic E-state index is -0.354. The number of anilines is 1. The Labute approximate surface area is 129 Å². The number of aromatic nitrogens is 2. The Balaban J connectivity index is 2.03. The molecule has 2 aromatic rings. The Kier molecular flexibility index (Phi) is 4.85. The zero-order chi connectivity index (χ0) is 16.2. The molecule has 0 bridgehead atoms. The van der Waals surface area contributed by atoms with Crippen molar-refractivity contribution in [2.45, 2.75) is 27.2 Å². The van der Waals surface area contributed by atoms with Crippen LogP contribution in [-0.4, -0.2) is 22.3 Å². The maximum absolute atomic E-state index is 12.9. The van der Waals surface area contributed by atoms with Crippen molar-refractivity contribution in [1.29, 1.82) is 0 Å². The molecular formula is C17H20FN3O. The van der Waals surface area contributed by atoms with Crippen molar-refractivity contribution >= 4 is 11.7 Å². The van der Waals surface area contributed by atoms with E-state index in [0.717, 1.165) is 6.54 Å². The predicted octanol–water partition coefficient (Wildman–Crippen LogP) is 3.50. The van der Waals surface area contributed by atoms with Gasteiger partial charge in [0.15, 0.2) is 5.78 Å². The van der Waals surface area contributed by atoms with Gasteiger partial charge in [-0.2, -0.15) is 0 Å². The number of halogens is 1. The fourth-order valence-electron chi connectivity index (χ4n) is 1.83. The van der Waals surface area contributed by atoms with Gasteiger partial charge < -0.3 is 5.32 Å². The summed E-state index contributed by atoms with van der Waals surface area (Å²) in [4.78, 5) is 20.6. The summed E-state index contributed by atoms with van der Waals surface area (Å²) in [6.45, 7) is 7.08. The zero-order valence-corrected chi connectivity index (χ0v) is 13.1. The zero-order valence-electron chi connectivity index (χ0n) is 13.1. The minimum Gasteiger partial charge on any atom is -0.354 e. The number of ketones is 1. The molecule has 0 aliphatic rings. The number of rotatable bonds is 5. The van der Waals surface area contributed by atoms with E-state index in [1.807, 2.05) is 0 Å². The Bertz CT molecular complexity index is 648. The SMILES string of the molecule is CC(C)(C)CNc1nccc(CC(=O)c2ccc(F)cc2)n1. The molecule has 0 unspecified atom stereocenters. The van der Waals surface area contributed by atoms with Crippen LogP contribution in [-0.2, 0) is 6.42 Å². The fraction of sp³-hybridized carbons (Fsp3) is 0.353. The van der Waals surface area contributed by atoms with Crippen molar-refractivity contribution in [2.24, 2.45) is 5.41 Å². The third-order valence-corrected chi connectivity index (χ3v) is 3.00. The Hall–Kier alpha value is -2.30. The lowest BCUT2D eigenvalue weighted by atomic mass is 9.97. The number of hydrogen-bond donors (Lipinski definition) is 1. The summed E-state index contributed by atoms with van der Waals surface area (Å²) in [6, 6.07) is 7.24. The van der Waals surface area contributed by atoms with Gasteiger partial charge in [-0.05, 0) is 35.7 Å². The first kappa shape index (κ1) is 16.1. The first-order chi connectivity index (χ1) is 10.3. The highest BCUT2D eigenvalue weighted by Gasteiger charge is 2.12. The van der Waals surface area contributed by atoms with Crippen LogP contribution in [0.2, 0.25) is 0 Å². The first-order valence-electron chi connectivity index (χ1n) is 7.18. The molecule has 1 N–H and O–H groups in total. The van der Waals surface area contributed by atoms with Gasteiger partial charge in [-0.3, -0.25) is 4.79 Å². The Morgan fingerprint density at radius 1 is 1.18 bits per heavy atom. The Morgan fingerprint density at radius 2 is 1.86 bits per heavy atom.